The number of nitriles is 1. The Morgan fingerprint density at radius 1 is 1.27 bits per heavy atom. The van der Waals surface area contributed by atoms with Crippen LogP contribution in [0.4, 0.5) is 10.1 Å². The SMILES string of the molecule is Cc1ccc(C)c(NC(=O)COc2ccc(C#N)cc2F)c1. The Morgan fingerprint density at radius 3 is 2.73 bits per heavy atom. The molecule has 1 N–H and O–H groups in total. The number of carbonyl (C=O) groups is 1. The number of carbonyl (C=O) groups excluding carboxylic acids is 1. The molecule has 0 heterocycles. The summed E-state index contributed by atoms with van der Waals surface area (Å²) in [6.07, 6.45) is 0. The van der Waals surface area contributed by atoms with Crippen molar-refractivity contribution in [2.75, 3.05) is 11.9 Å². The molecule has 5 heteroatoms. The van der Waals surface area contributed by atoms with E-state index < -0.39 is 5.82 Å². The molecule has 112 valence electrons. The van der Waals surface area contributed by atoms with E-state index in [9.17, 15) is 9.18 Å². The fourth-order valence-corrected chi connectivity index (χ4v) is 1.89. The smallest absolute Gasteiger partial charge is 0.262 e. The molecule has 0 radical (unpaired) electrons. The highest BCUT2D eigenvalue weighted by atomic mass is 19.1. The van der Waals surface area contributed by atoms with Crippen LogP contribution in [-0.4, -0.2) is 12.5 Å². The maximum Gasteiger partial charge on any atom is 0.262 e. The predicted molar refractivity (Wildman–Crippen MR) is 81.2 cm³/mol. The zero-order chi connectivity index (χ0) is 16.1. The molecule has 0 aliphatic heterocycles. The first kappa shape index (κ1) is 15.5. The van der Waals surface area contributed by atoms with Crippen molar-refractivity contribution >= 4 is 11.6 Å². The zero-order valence-electron chi connectivity index (χ0n) is 12.3. The number of anilines is 1. The molecule has 0 unspecified atom stereocenters. The summed E-state index contributed by atoms with van der Waals surface area (Å²) in [7, 11) is 0. The lowest BCUT2D eigenvalue weighted by Gasteiger charge is -2.10. The van der Waals surface area contributed by atoms with Crippen LogP contribution in [0.25, 0.3) is 0 Å². The summed E-state index contributed by atoms with van der Waals surface area (Å²) in [6, 6.07) is 11.4. The van der Waals surface area contributed by atoms with Crippen molar-refractivity contribution in [3.05, 3.63) is 58.9 Å². The number of hydrogen-bond donors (Lipinski definition) is 1. The molecule has 2 aromatic carbocycles. The van der Waals surface area contributed by atoms with Crippen LogP contribution in [0.2, 0.25) is 0 Å². The summed E-state index contributed by atoms with van der Waals surface area (Å²) in [6.45, 7) is 3.50. The number of benzene rings is 2. The molecular weight excluding hydrogens is 283 g/mol. The Labute approximate surface area is 128 Å². The van der Waals surface area contributed by atoms with Gasteiger partial charge in [-0.3, -0.25) is 4.79 Å². The minimum absolute atomic E-state index is 0.0601. The van der Waals surface area contributed by atoms with Crippen molar-refractivity contribution in [3.63, 3.8) is 0 Å². The molecule has 1 amide bonds. The van der Waals surface area contributed by atoms with Crippen LogP contribution in [0.15, 0.2) is 36.4 Å². The first-order valence-electron chi connectivity index (χ1n) is 6.69. The Hall–Kier alpha value is -2.87. The fraction of sp³-hybridized carbons (Fsp3) is 0.176. The van der Waals surface area contributed by atoms with E-state index in [1.54, 1.807) is 0 Å². The topological polar surface area (TPSA) is 62.1 Å². The summed E-state index contributed by atoms with van der Waals surface area (Å²) >= 11 is 0. The van der Waals surface area contributed by atoms with Gasteiger partial charge in [0, 0.05) is 5.69 Å². The Balaban J connectivity index is 1.99. The maximum atomic E-state index is 13.6. The van der Waals surface area contributed by atoms with Gasteiger partial charge in [-0.05, 0) is 49.2 Å². The van der Waals surface area contributed by atoms with E-state index in [0.29, 0.717) is 5.69 Å². The molecule has 22 heavy (non-hydrogen) atoms. The van der Waals surface area contributed by atoms with Crippen molar-refractivity contribution in [2.24, 2.45) is 0 Å². The van der Waals surface area contributed by atoms with Gasteiger partial charge in [0.05, 0.1) is 11.6 Å². The van der Waals surface area contributed by atoms with Crippen LogP contribution >= 0.6 is 0 Å². The van der Waals surface area contributed by atoms with Crippen LogP contribution in [0.5, 0.6) is 5.75 Å². The first-order chi connectivity index (χ1) is 10.5. The van der Waals surface area contributed by atoms with E-state index in [-0.39, 0.29) is 23.8 Å². The summed E-state index contributed by atoms with van der Waals surface area (Å²) in [4.78, 5) is 11.9. The highest BCUT2D eigenvalue weighted by molar-refractivity contribution is 5.92. The zero-order valence-corrected chi connectivity index (χ0v) is 12.3. The summed E-state index contributed by atoms with van der Waals surface area (Å²) < 4.78 is 18.8. The van der Waals surface area contributed by atoms with E-state index in [4.69, 9.17) is 10.00 Å². The molecule has 0 aromatic heterocycles. The summed E-state index contributed by atoms with van der Waals surface area (Å²) in [5.41, 5.74) is 2.86. The largest absolute Gasteiger partial charge is 0.481 e. The summed E-state index contributed by atoms with van der Waals surface area (Å²) in [5, 5.41) is 11.4. The van der Waals surface area contributed by atoms with Crippen molar-refractivity contribution in [3.8, 4) is 11.8 Å². The maximum absolute atomic E-state index is 13.6. The molecule has 0 spiro atoms. The van der Waals surface area contributed by atoms with Crippen molar-refractivity contribution in [2.45, 2.75) is 13.8 Å². The van der Waals surface area contributed by atoms with E-state index in [0.717, 1.165) is 17.2 Å². The molecule has 2 aromatic rings. The Morgan fingerprint density at radius 2 is 2.05 bits per heavy atom. The molecule has 0 bridgehead atoms. The molecule has 2 rings (SSSR count). The highest BCUT2D eigenvalue weighted by Crippen LogP contribution is 2.19. The number of nitrogens with zero attached hydrogens (tertiary/aromatic N) is 1. The van der Waals surface area contributed by atoms with Crippen LogP contribution in [0.3, 0.4) is 0 Å². The van der Waals surface area contributed by atoms with Gasteiger partial charge in [-0.1, -0.05) is 12.1 Å². The minimum Gasteiger partial charge on any atom is -0.481 e. The van der Waals surface area contributed by atoms with Gasteiger partial charge in [0.25, 0.3) is 5.91 Å². The van der Waals surface area contributed by atoms with Gasteiger partial charge in [0.2, 0.25) is 0 Å². The van der Waals surface area contributed by atoms with Gasteiger partial charge in [0.15, 0.2) is 18.2 Å². The number of hydrogen-bond acceptors (Lipinski definition) is 3. The van der Waals surface area contributed by atoms with Crippen LogP contribution < -0.4 is 10.1 Å². The molecule has 0 saturated heterocycles. The van der Waals surface area contributed by atoms with Gasteiger partial charge >= 0.3 is 0 Å². The number of rotatable bonds is 4. The van der Waals surface area contributed by atoms with E-state index in [2.05, 4.69) is 5.32 Å². The number of aryl methyl sites for hydroxylation is 2. The van der Waals surface area contributed by atoms with Crippen molar-refractivity contribution in [1.82, 2.24) is 0 Å². The fourth-order valence-electron chi connectivity index (χ4n) is 1.89. The third kappa shape index (κ3) is 3.83. The third-order valence-electron chi connectivity index (χ3n) is 3.09. The minimum atomic E-state index is -0.668. The lowest BCUT2D eigenvalue weighted by Crippen LogP contribution is -2.21. The lowest BCUT2D eigenvalue weighted by atomic mass is 10.1. The number of ether oxygens (including phenoxy) is 1. The molecule has 0 aliphatic carbocycles. The van der Waals surface area contributed by atoms with Crippen molar-refractivity contribution < 1.29 is 13.9 Å². The standard InChI is InChI=1S/C17H15FN2O2/c1-11-3-4-12(2)15(7-11)20-17(21)10-22-16-6-5-13(9-19)8-14(16)18/h3-8H,10H2,1-2H3,(H,20,21). The molecule has 0 saturated carbocycles. The number of amides is 1. The van der Waals surface area contributed by atoms with E-state index >= 15 is 0 Å². The average molecular weight is 298 g/mol. The highest BCUT2D eigenvalue weighted by Gasteiger charge is 2.09. The second-order valence-electron chi connectivity index (χ2n) is 4.91. The average Bonchev–Trinajstić information content (AvgIpc) is 2.49. The first-order valence-corrected chi connectivity index (χ1v) is 6.69. The monoisotopic (exact) mass is 298 g/mol. The third-order valence-corrected chi connectivity index (χ3v) is 3.09. The second kappa shape index (κ2) is 6.72. The number of nitrogens with one attached hydrogen (secondary N) is 1. The molecule has 4 nitrogen and oxygen atoms in total. The normalized spacial score (nSPS) is 9.91. The molecule has 0 aliphatic rings. The van der Waals surface area contributed by atoms with Gasteiger partial charge < -0.3 is 10.1 Å². The predicted octanol–water partition coefficient (Wildman–Crippen LogP) is 3.33. The molecular formula is C17H15FN2O2. The van der Waals surface area contributed by atoms with Gasteiger partial charge in [-0.2, -0.15) is 5.26 Å². The van der Waals surface area contributed by atoms with Gasteiger partial charge in [-0.15, -0.1) is 0 Å². The molecule has 0 fully saturated rings. The lowest BCUT2D eigenvalue weighted by molar-refractivity contribution is -0.118. The van der Waals surface area contributed by atoms with Crippen LogP contribution in [0, 0.1) is 31.0 Å². The number of halogens is 1. The van der Waals surface area contributed by atoms with Crippen LogP contribution in [-0.2, 0) is 4.79 Å². The van der Waals surface area contributed by atoms with Gasteiger partial charge in [0.1, 0.15) is 0 Å². The second-order valence-corrected chi connectivity index (χ2v) is 4.91. The van der Waals surface area contributed by atoms with E-state index in [1.807, 2.05) is 38.1 Å². The Bertz CT molecular complexity index is 751. The van der Waals surface area contributed by atoms with Crippen LogP contribution in [0.1, 0.15) is 16.7 Å². The summed E-state index contributed by atoms with van der Waals surface area (Å²) in [5.74, 6) is -1.11. The van der Waals surface area contributed by atoms with E-state index in [1.165, 1.54) is 12.1 Å². The van der Waals surface area contributed by atoms with Gasteiger partial charge in [-0.25, -0.2) is 4.39 Å². The Kier molecular flexibility index (Phi) is 4.74. The van der Waals surface area contributed by atoms with Crippen molar-refractivity contribution in [1.29, 1.82) is 5.26 Å². The molecule has 0 atom stereocenters. The quantitative estimate of drug-likeness (QED) is 0.941.